The van der Waals surface area contributed by atoms with E-state index in [0.717, 1.165) is 0 Å². The highest BCUT2D eigenvalue weighted by Crippen LogP contribution is 2.42. The molecule has 1 unspecified atom stereocenters. The molecule has 0 saturated heterocycles. The molecule has 1 N–H and O–H groups in total. The van der Waals surface area contributed by atoms with E-state index in [0.29, 0.717) is 17.8 Å². The lowest BCUT2D eigenvalue weighted by atomic mass is 9.79. The SMILES string of the molecule is CC(C)C1=C(O)C(C(C)(C)C)CC1=O. The van der Waals surface area contributed by atoms with E-state index in [9.17, 15) is 9.90 Å². The topological polar surface area (TPSA) is 37.3 Å². The van der Waals surface area contributed by atoms with Crippen molar-refractivity contribution in [2.75, 3.05) is 0 Å². The monoisotopic (exact) mass is 196 g/mol. The molecular formula is C12H20O2. The minimum absolute atomic E-state index is 0.00685. The van der Waals surface area contributed by atoms with Crippen LogP contribution in [0.2, 0.25) is 0 Å². The standard InChI is InChI=1S/C12H20O2/c1-7(2)10-9(13)6-8(11(10)14)12(3,4)5/h7-8,14H,6H2,1-5H3. The van der Waals surface area contributed by atoms with Crippen molar-refractivity contribution in [1.29, 1.82) is 0 Å². The molecule has 80 valence electrons. The van der Waals surface area contributed by atoms with E-state index in [1.54, 1.807) is 0 Å². The maximum Gasteiger partial charge on any atom is 0.163 e. The van der Waals surface area contributed by atoms with Crippen LogP contribution in [-0.2, 0) is 4.79 Å². The number of hydrogen-bond acceptors (Lipinski definition) is 2. The van der Waals surface area contributed by atoms with Crippen molar-refractivity contribution in [3.63, 3.8) is 0 Å². The lowest BCUT2D eigenvalue weighted by molar-refractivity contribution is -0.116. The molecule has 0 fully saturated rings. The van der Waals surface area contributed by atoms with E-state index in [1.807, 2.05) is 13.8 Å². The Morgan fingerprint density at radius 1 is 1.36 bits per heavy atom. The number of ketones is 1. The number of Topliss-reactive ketones (excluding diaryl/α,β-unsaturated/α-hetero) is 1. The number of aliphatic hydroxyl groups excluding tert-OH is 1. The number of rotatable bonds is 1. The molecule has 0 aromatic rings. The van der Waals surface area contributed by atoms with Crippen molar-refractivity contribution >= 4 is 5.78 Å². The van der Waals surface area contributed by atoms with Gasteiger partial charge in [0.15, 0.2) is 5.78 Å². The Morgan fingerprint density at radius 2 is 1.86 bits per heavy atom. The number of carbonyl (C=O) groups excluding carboxylic acids is 1. The third kappa shape index (κ3) is 1.84. The zero-order chi connectivity index (χ0) is 11.1. The van der Waals surface area contributed by atoms with Crippen molar-refractivity contribution in [2.24, 2.45) is 17.3 Å². The Kier molecular flexibility index (Phi) is 2.75. The summed E-state index contributed by atoms with van der Waals surface area (Å²) in [4.78, 5) is 11.7. The highest BCUT2D eigenvalue weighted by atomic mass is 16.3. The first-order valence-corrected chi connectivity index (χ1v) is 5.21. The van der Waals surface area contributed by atoms with Gasteiger partial charge in [-0.25, -0.2) is 0 Å². The summed E-state index contributed by atoms with van der Waals surface area (Å²) >= 11 is 0. The van der Waals surface area contributed by atoms with Gasteiger partial charge < -0.3 is 5.11 Å². The number of aliphatic hydroxyl groups is 1. The van der Waals surface area contributed by atoms with Crippen LogP contribution in [-0.4, -0.2) is 10.9 Å². The van der Waals surface area contributed by atoms with Gasteiger partial charge in [0.05, 0.1) is 0 Å². The largest absolute Gasteiger partial charge is 0.512 e. The van der Waals surface area contributed by atoms with E-state index >= 15 is 0 Å². The van der Waals surface area contributed by atoms with Gasteiger partial charge in [-0.3, -0.25) is 4.79 Å². The number of carbonyl (C=O) groups is 1. The fourth-order valence-corrected chi connectivity index (χ4v) is 2.06. The molecule has 0 saturated carbocycles. The summed E-state index contributed by atoms with van der Waals surface area (Å²) in [6.07, 6.45) is 0.475. The molecular weight excluding hydrogens is 176 g/mol. The second-order valence-corrected chi connectivity index (χ2v) is 5.50. The van der Waals surface area contributed by atoms with Crippen molar-refractivity contribution in [3.05, 3.63) is 11.3 Å². The Labute approximate surface area is 86.0 Å². The predicted octanol–water partition coefficient (Wildman–Crippen LogP) is 3.09. The average molecular weight is 196 g/mol. The summed E-state index contributed by atoms with van der Waals surface area (Å²) in [5.41, 5.74) is 0.612. The average Bonchev–Trinajstić information content (AvgIpc) is 2.24. The van der Waals surface area contributed by atoms with E-state index in [4.69, 9.17) is 0 Å². The van der Waals surface area contributed by atoms with Crippen molar-refractivity contribution < 1.29 is 9.90 Å². The van der Waals surface area contributed by atoms with Crippen LogP contribution >= 0.6 is 0 Å². The van der Waals surface area contributed by atoms with E-state index in [1.165, 1.54) is 0 Å². The van der Waals surface area contributed by atoms with Gasteiger partial charge in [-0.2, -0.15) is 0 Å². The normalized spacial score (nSPS) is 23.9. The van der Waals surface area contributed by atoms with E-state index in [2.05, 4.69) is 20.8 Å². The first-order valence-electron chi connectivity index (χ1n) is 5.21. The first kappa shape index (κ1) is 11.3. The van der Waals surface area contributed by atoms with Crippen molar-refractivity contribution in [1.82, 2.24) is 0 Å². The van der Waals surface area contributed by atoms with Crippen LogP contribution in [0, 0.1) is 17.3 Å². The minimum Gasteiger partial charge on any atom is -0.512 e. The van der Waals surface area contributed by atoms with Gasteiger partial charge >= 0.3 is 0 Å². The van der Waals surface area contributed by atoms with Crippen LogP contribution in [0.5, 0.6) is 0 Å². The van der Waals surface area contributed by atoms with Gasteiger partial charge in [0, 0.05) is 17.9 Å². The van der Waals surface area contributed by atoms with Crippen LogP contribution in [0.25, 0.3) is 0 Å². The molecule has 0 bridgehead atoms. The fourth-order valence-electron chi connectivity index (χ4n) is 2.06. The van der Waals surface area contributed by atoms with E-state index < -0.39 is 0 Å². The molecule has 0 radical (unpaired) electrons. The Balaban J connectivity index is 3.05. The Morgan fingerprint density at radius 3 is 2.07 bits per heavy atom. The molecule has 0 heterocycles. The second kappa shape index (κ2) is 3.41. The summed E-state index contributed by atoms with van der Waals surface area (Å²) in [7, 11) is 0. The summed E-state index contributed by atoms with van der Waals surface area (Å²) in [6, 6.07) is 0. The van der Waals surface area contributed by atoms with Gasteiger partial charge in [-0.05, 0) is 11.3 Å². The molecule has 1 aliphatic rings. The third-order valence-corrected chi connectivity index (χ3v) is 2.92. The molecule has 0 aromatic carbocycles. The van der Waals surface area contributed by atoms with Crippen LogP contribution in [0.15, 0.2) is 11.3 Å². The molecule has 0 aliphatic heterocycles. The third-order valence-electron chi connectivity index (χ3n) is 2.92. The van der Waals surface area contributed by atoms with Crippen LogP contribution in [0.1, 0.15) is 41.0 Å². The minimum atomic E-state index is -0.0314. The maximum absolute atomic E-state index is 11.7. The molecule has 0 aromatic heterocycles. The molecule has 0 spiro atoms. The van der Waals surface area contributed by atoms with Gasteiger partial charge in [-0.1, -0.05) is 34.6 Å². The Bertz CT molecular complexity index is 279. The Hall–Kier alpha value is -0.790. The van der Waals surface area contributed by atoms with Crippen LogP contribution < -0.4 is 0 Å². The molecule has 0 amide bonds. The molecule has 1 rings (SSSR count). The zero-order valence-corrected chi connectivity index (χ0v) is 9.72. The predicted molar refractivity (Wildman–Crippen MR) is 57.1 cm³/mol. The van der Waals surface area contributed by atoms with Gasteiger partial charge in [0.1, 0.15) is 5.76 Å². The highest BCUT2D eigenvalue weighted by Gasteiger charge is 2.39. The lowest BCUT2D eigenvalue weighted by Crippen LogP contribution is -2.20. The second-order valence-electron chi connectivity index (χ2n) is 5.50. The molecule has 2 nitrogen and oxygen atoms in total. The number of allylic oxidation sites excluding steroid dienone is 2. The smallest absolute Gasteiger partial charge is 0.163 e. The van der Waals surface area contributed by atoms with Gasteiger partial charge in [0.25, 0.3) is 0 Å². The summed E-state index contributed by atoms with van der Waals surface area (Å²) in [5, 5.41) is 9.98. The highest BCUT2D eigenvalue weighted by molar-refractivity contribution is 5.99. The van der Waals surface area contributed by atoms with E-state index in [-0.39, 0.29) is 23.0 Å². The summed E-state index contributed by atoms with van der Waals surface area (Å²) in [5.74, 6) is 0.595. The molecule has 2 heteroatoms. The summed E-state index contributed by atoms with van der Waals surface area (Å²) in [6.45, 7) is 10.1. The molecule has 14 heavy (non-hydrogen) atoms. The zero-order valence-electron chi connectivity index (χ0n) is 9.72. The maximum atomic E-state index is 11.7. The number of hydrogen-bond donors (Lipinski definition) is 1. The molecule has 1 aliphatic carbocycles. The first-order chi connectivity index (χ1) is 6.25. The van der Waals surface area contributed by atoms with Crippen LogP contribution in [0.3, 0.4) is 0 Å². The fraction of sp³-hybridized carbons (Fsp3) is 0.750. The lowest BCUT2D eigenvalue weighted by Gasteiger charge is -2.26. The van der Waals surface area contributed by atoms with Gasteiger partial charge in [-0.15, -0.1) is 0 Å². The van der Waals surface area contributed by atoms with Gasteiger partial charge in [0.2, 0.25) is 0 Å². The summed E-state index contributed by atoms with van der Waals surface area (Å²) < 4.78 is 0. The van der Waals surface area contributed by atoms with Crippen molar-refractivity contribution in [3.8, 4) is 0 Å². The quantitative estimate of drug-likeness (QED) is 0.699. The van der Waals surface area contributed by atoms with Crippen molar-refractivity contribution in [2.45, 2.75) is 41.0 Å². The van der Waals surface area contributed by atoms with Crippen LogP contribution in [0.4, 0.5) is 0 Å². The molecule has 1 atom stereocenters.